The van der Waals surface area contributed by atoms with Gasteiger partial charge in [0.2, 0.25) is 0 Å². The molecule has 0 bridgehead atoms. The molecule has 0 amide bonds. The molecule has 5 heterocycles. The number of hydrogen-bond donors (Lipinski definition) is 1. The van der Waals surface area contributed by atoms with Crippen LogP contribution in [0, 0.1) is 5.82 Å². The van der Waals surface area contributed by atoms with Crippen molar-refractivity contribution in [3.05, 3.63) is 46.9 Å². The van der Waals surface area contributed by atoms with E-state index < -0.39 is 11.8 Å². The lowest BCUT2D eigenvalue weighted by atomic mass is 9.94. The van der Waals surface area contributed by atoms with Crippen LogP contribution in [0.4, 0.5) is 20.3 Å². The van der Waals surface area contributed by atoms with Crippen LogP contribution >= 0.6 is 0 Å². The summed E-state index contributed by atoms with van der Waals surface area (Å²) in [7, 11) is 1.58. The smallest absolute Gasteiger partial charge is 0.318 e. The second-order valence-corrected chi connectivity index (χ2v) is 13.8. The lowest BCUT2D eigenvalue weighted by molar-refractivity contribution is 0.0445. The highest BCUT2D eigenvalue weighted by Crippen LogP contribution is 2.42. The summed E-state index contributed by atoms with van der Waals surface area (Å²) < 4.78 is 47.1. The SMILES string of the molecule is CCc1c(F)ccc2cc(OCOC)cc(N3CCc4c(nc(OC[C@@]56CCCN5C[C@H](F)C6)nc4N4CCC[C@@](C)(O)C4)C3)c12. The number of anilines is 2. The average molecular weight is 638 g/mol. The summed E-state index contributed by atoms with van der Waals surface area (Å²) in [6, 6.07) is 7.50. The Morgan fingerprint density at radius 1 is 1.07 bits per heavy atom. The molecule has 3 fully saturated rings. The van der Waals surface area contributed by atoms with Crippen molar-refractivity contribution in [3.63, 3.8) is 0 Å². The van der Waals surface area contributed by atoms with Crippen LogP contribution in [0.5, 0.6) is 11.8 Å². The molecule has 0 unspecified atom stereocenters. The van der Waals surface area contributed by atoms with Gasteiger partial charge in [0.15, 0.2) is 6.79 Å². The Morgan fingerprint density at radius 3 is 2.72 bits per heavy atom. The molecule has 3 aromatic rings. The maximum atomic E-state index is 15.2. The molecule has 3 saturated heterocycles. The Bertz CT molecular complexity index is 1610. The van der Waals surface area contributed by atoms with Crippen LogP contribution in [0.3, 0.4) is 0 Å². The molecule has 1 aromatic heterocycles. The zero-order chi connectivity index (χ0) is 32.1. The van der Waals surface area contributed by atoms with Gasteiger partial charge in [0.1, 0.15) is 30.2 Å². The first-order chi connectivity index (χ1) is 22.2. The molecule has 4 aliphatic rings. The summed E-state index contributed by atoms with van der Waals surface area (Å²) >= 11 is 0. The minimum atomic E-state index is -0.843. The monoisotopic (exact) mass is 637 g/mol. The van der Waals surface area contributed by atoms with Crippen LogP contribution in [0.15, 0.2) is 24.3 Å². The highest BCUT2D eigenvalue weighted by atomic mass is 19.1. The maximum Gasteiger partial charge on any atom is 0.318 e. The number of aromatic nitrogens is 2. The van der Waals surface area contributed by atoms with E-state index in [0.29, 0.717) is 63.4 Å². The standard InChI is InChI=1S/C35H45F2N5O4/c1-4-26-28(37)8-7-23-15-25(46-22-44-3)16-30(31(23)26)40-14-9-27-29(19-40)38-33(39-32(27)41-12-5-10-34(2,43)20-41)45-21-35-11-6-13-42(35)18-24(36)17-35/h7-8,15-16,24,43H,4-6,9-14,17-22H2,1-3H3/t24-,34-,35+/m1/s1. The number of nitrogens with zero attached hydrogens (tertiary/aromatic N) is 5. The lowest BCUT2D eigenvalue weighted by Crippen LogP contribution is -2.47. The second-order valence-electron chi connectivity index (χ2n) is 13.8. The van der Waals surface area contributed by atoms with Gasteiger partial charge in [-0.1, -0.05) is 13.0 Å². The maximum absolute atomic E-state index is 15.2. The van der Waals surface area contributed by atoms with E-state index in [0.717, 1.165) is 72.3 Å². The van der Waals surface area contributed by atoms with Gasteiger partial charge < -0.3 is 29.1 Å². The Balaban J connectivity index is 1.27. The number of β-amino-alcohol motifs (C(OH)–C–C–N with tert-alkyl or cyclic N) is 1. The van der Waals surface area contributed by atoms with Crippen molar-refractivity contribution < 1.29 is 28.1 Å². The first kappa shape index (κ1) is 31.3. The number of methoxy groups -OCH3 is 1. The number of rotatable bonds is 9. The van der Waals surface area contributed by atoms with Gasteiger partial charge in [-0.05, 0) is 75.1 Å². The van der Waals surface area contributed by atoms with Crippen molar-refractivity contribution in [2.75, 3.05) is 63.0 Å². The molecule has 0 aliphatic carbocycles. The van der Waals surface area contributed by atoms with Gasteiger partial charge in [0.05, 0.1) is 23.4 Å². The minimum Gasteiger partial charge on any atom is -0.467 e. The molecule has 2 aromatic carbocycles. The molecule has 46 heavy (non-hydrogen) atoms. The first-order valence-electron chi connectivity index (χ1n) is 16.7. The van der Waals surface area contributed by atoms with Crippen LogP contribution in [0.25, 0.3) is 10.8 Å². The quantitative estimate of drug-likeness (QED) is 0.319. The van der Waals surface area contributed by atoms with Crippen molar-refractivity contribution in [3.8, 4) is 11.8 Å². The summed E-state index contributed by atoms with van der Waals surface area (Å²) in [6.07, 6.45) is 4.38. The topological polar surface area (TPSA) is 83.4 Å². The number of fused-ring (bicyclic) bond motifs is 3. The van der Waals surface area contributed by atoms with Gasteiger partial charge in [-0.15, -0.1) is 0 Å². The molecule has 0 saturated carbocycles. The zero-order valence-electron chi connectivity index (χ0n) is 27.2. The van der Waals surface area contributed by atoms with E-state index in [1.54, 1.807) is 13.2 Å². The fourth-order valence-corrected chi connectivity index (χ4v) is 8.24. The number of ether oxygens (including phenoxy) is 3. The van der Waals surface area contributed by atoms with Gasteiger partial charge in [-0.25, -0.2) is 8.78 Å². The summed E-state index contributed by atoms with van der Waals surface area (Å²) in [5.74, 6) is 1.23. The van der Waals surface area contributed by atoms with Crippen molar-refractivity contribution in [1.29, 1.82) is 0 Å². The van der Waals surface area contributed by atoms with Gasteiger partial charge in [0, 0.05) is 62.4 Å². The van der Waals surface area contributed by atoms with E-state index in [2.05, 4.69) is 14.7 Å². The molecule has 9 nitrogen and oxygen atoms in total. The molecule has 0 spiro atoms. The summed E-state index contributed by atoms with van der Waals surface area (Å²) in [5.41, 5.74) is 2.31. The van der Waals surface area contributed by atoms with Crippen LogP contribution in [-0.4, -0.2) is 90.5 Å². The van der Waals surface area contributed by atoms with E-state index in [-0.39, 0.29) is 24.2 Å². The van der Waals surface area contributed by atoms with Gasteiger partial charge >= 0.3 is 6.01 Å². The predicted octanol–water partition coefficient (Wildman–Crippen LogP) is 5.18. The highest BCUT2D eigenvalue weighted by molar-refractivity contribution is 5.98. The Kier molecular flexibility index (Phi) is 8.44. The summed E-state index contributed by atoms with van der Waals surface area (Å²) in [4.78, 5) is 16.6. The van der Waals surface area contributed by atoms with Crippen molar-refractivity contribution in [1.82, 2.24) is 14.9 Å². The highest BCUT2D eigenvalue weighted by Gasteiger charge is 2.49. The molecule has 248 valence electrons. The fourth-order valence-electron chi connectivity index (χ4n) is 8.24. The second kappa shape index (κ2) is 12.4. The van der Waals surface area contributed by atoms with E-state index >= 15 is 4.39 Å². The number of aliphatic hydroxyl groups is 1. The minimum absolute atomic E-state index is 0.106. The number of piperidine rings is 1. The summed E-state index contributed by atoms with van der Waals surface area (Å²) in [5, 5.41) is 12.8. The predicted molar refractivity (Wildman–Crippen MR) is 173 cm³/mol. The normalized spacial score (nSPS) is 26.4. The number of alkyl halides is 1. The molecule has 11 heteroatoms. The third-order valence-electron chi connectivity index (χ3n) is 10.4. The third kappa shape index (κ3) is 5.86. The molecule has 1 N–H and O–H groups in total. The molecule has 0 radical (unpaired) electrons. The number of benzene rings is 2. The summed E-state index contributed by atoms with van der Waals surface area (Å²) in [6.45, 7) is 8.05. The largest absolute Gasteiger partial charge is 0.467 e. The van der Waals surface area contributed by atoms with Gasteiger partial charge in [-0.3, -0.25) is 4.90 Å². The average Bonchev–Trinajstić information content (AvgIpc) is 3.57. The zero-order valence-corrected chi connectivity index (χ0v) is 27.2. The molecular formula is C35H45F2N5O4. The Labute approximate surface area is 269 Å². The molecule has 4 aliphatic heterocycles. The van der Waals surface area contributed by atoms with Crippen LogP contribution in [0.1, 0.15) is 62.8 Å². The van der Waals surface area contributed by atoms with Crippen molar-refractivity contribution in [2.24, 2.45) is 0 Å². The van der Waals surface area contributed by atoms with Crippen LogP contribution in [-0.2, 0) is 24.1 Å². The number of hydrogen-bond acceptors (Lipinski definition) is 9. The molecule has 7 rings (SSSR count). The Hall–Kier alpha value is -3.28. The fraction of sp³-hybridized carbons (Fsp3) is 0.600. The van der Waals surface area contributed by atoms with Crippen molar-refractivity contribution in [2.45, 2.75) is 82.6 Å². The van der Waals surface area contributed by atoms with Crippen LogP contribution < -0.4 is 19.3 Å². The van der Waals surface area contributed by atoms with Gasteiger partial charge in [0.25, 0.3) is 0 Å². The van der Waals surface area contributed by atoms with E-state index in [1.807, 2.05) is 26.0 Å². The first-order valence-corrected chi connectivity index (χ1v) is 16.7. The van der Waals surface area contributed by atoms with Crippen molar-refractivity contribution >= 4 is 22.3 Å². The van der Waals surface area contributed by atoms with Gasteiger partial charge in [-0.2, -0.15) is 9.97 Å². The van der Waals surface area contributed by atoms with E-state index in [1.165, 1.54) is 6.07 Å². The number of halogens is 2. The molecule has 3 atom stereocenters. The number of aryl methyl sites for hydroxylation is 1. The Morgan fingerprint density at radius 2 is 1.91 bits per heavy atom. The lowest BCUT2D eigenvalue weighted by Gasteiger charge is -2.40. The van der Waals surface area contributed by atoms with Crippen LogP contribution in [0.2, 0.25) is 0 Å². The third-order valence-corrected chi connectivity index (χ3v) is 10.4. The van der Waals surface area contributed by atoms with E-state index in [9.17, 15) is 9.50 Å². The van der Waals surface area contributed by atoms with E-state index in [4.69, 9.17) is 24.2 Å². The molecular weight excluding hydrogens is 592 g/mol.